The number of piperidine rings is 2. The van der Waals surface area contributed by atoms with E-state index in [0.29, 0.717) is 58.0 Å². The van der Waals surface area contributed by atoms with Crippen molar-refractivity contribution in [3.05, 3.63) is 174 Å². The largest absolute Gasteiger partial charge is 0.491 e. The number of nitrogens with zero attached hydrogens (tertiary/aromatic N) is 10. The number of ether oxygens (including phenoxy) is 3. The summed E-state index contributed by atoms with van der Waals surface area (Å²) in [4.78, 5) is 25.6. The predicted octanol–water partition coefficient (Wildman–Crippen LogP) is 12.2. The number of pyridine rings is 3. The summed E-state index contributed by atoms with van der Waals surface area (Å²) in [5.41, 5.74) is 25.9. The topological polar surface area (TPSA) is 235 Å². The van der Waals surface area contributed by atoms with E-state index in [1.807, 2.05) is 93.2 Å². The highest BCUT2D eigenvalue weighted by atomic mass is 16.5. The lowest BCUT2D eigenvalue weighted by molar-refractivity contribution is 0.242. The van der Waals surface area contributed by atoms with Crippen LogP contribution in [-0.2, 0) is 6.54 Å². The van der Waals surface area contributed by atoms with E-state index in [-0.39, 0.29) is 24.2 Å². The van der Waals surface area contributed by atoms with Gasteiger partial charge in [-0.1, -0.05) is 0 Å². The molecule has 4 aromatic carbocycles. The molecular weight excluding hydrogens is 1060 g/mol. The average Bonchev–Trinajstić information content (AvgIpc) is 3.42. The standard InChI is InChI=1S/C67H74N15O3/c1-40(2)83-51-13-14-59(68)56(31-51)63(69)45-15-21-74-61(29-45)81-24-8-10-49(37-81)55-33-53(85-42(5)6)35-58-66(77-78-67(55)58)47-17-22-75-62(30-47)80-23-7-9-43-27-44(11-12-48(43)36-80)54-32-52(84-41(3)4)34-57(65(54)71)64(70)46-16-20-73-60(28-46)79-25-18-50(19-26-79)82-39-72-38-76-82/h9,11-17,20-22,27-35,38-42,49-50,69-70H,7-8,10,18-19,23-26,36-37,68,71H2,1-6H3,(H,77,78)/q+1. The summed E-state index contributed by atoms with van der Waals surface area (Å²) < 4.78 is 20.7. The van der Waals surface area contributed by atoms with Crippen molar-refractivity contribution in [3.8, 4) is 39.6 Å². The normalized spacial score (nSPS) is 15.7. The Morgan fingerprint density at radius 1 is 0.647 bits per heavy atom. The Balaban J connectivity index is 0.782. The lowest BCUT2D eigenvalue weighted by Gasteiger charge is -2.34. The number of rotatable bonds is 17. The summed E-state index contributed by atoms with van der Waals surface area (Å²) in [5, 5.41) is 32.7. The number of anilines is 5. The van der Waals surface area contributed by atoms with Crippen molar-refractivity contribution in [2.75, 3.05) is 58.9 Å². The first kappa shape index (κ1) is 56.1. The monoisotopic (exact) mass is 1140 g/mol. The van der Waals surface area contributed by atoms with Crippen molar-refractivity contribution in [2.24, 2.45) is 0 Å². The fourth-order valence-electron chi connectivity index (χ4n) is 12.2. The summed E-state index contributed by atoms with van der Waals surface area (Å²) in [6, 6.07) is 32.5. The Morgan fingerprint density at radius 2 is 1.32 bits per heavy atom. The Labute approximate surface area is 496 Å². The molecule has 7 N–H and O–H groups in total. The summed E-state index contributed by atoms with van der Waals surface area (Å²) in [5.74, 6) is 4.78. The highest BCUT2D eigenvalue weighted by molar-refractivity contribution is 6.16. The van der Waals surface area contributed by atoms with Crippen molar-refractivity contribution in [3.63, 3.8) is 0 Å². The number of benzene rings is 4. The van der Waals surface area contributed by atoms with Gasteiger partial charge >= 0.3 is 0 Å². The van der Waals surface area contributed by atoms with Crippen LogP contribution < -0.4 is 40.4 Å². The number of hydrogen-bond donors (Lipinski definition) is 5. The number of nitrogen functional groups attached to an aromatic ring is 2. The van der Waals surface area contributed by atoms with Gasteiger partial charge in [0.1, 0.15) is 52.9 Å². The second-order valence-electron chi connectivity index (χ2n) is 23.4. The second kappa shape index (κ2) is 24.0. The molecule has 2 saturated heterocycles. The number of fused-ring (bicyclic) bond motifs is 2. The van der Waals surface area contributed by atoms with Gasteiger partial charge in [-0.05, 0) is 158 Å². The van der Waals surface area contributed by atoms with Crippen LogP contribution in [0.4, 0.5) is 28.8 Å². The van der Waals surface area contributed by atoms with Crippen molar-refractivity contribution in [1.82, 2.24) is 39.9 Å². The third-order valence-corrected chi connectivity index (χ3v) is 16.3. The molecule has 0 bridgehead atoms. The molecule has 3 aliphatic rings. The van der Waals surface area contributed by atoms with Gasteiger partial charge in [0, 0.05) is 126 Å². The zero-order valence-corrected chi connectivity index (χ0v) is 49.2. The molecule has 434 valence electrons. The maximum absolute atomic E-state index is 9.60. The van der Waals surface area contributed by atoms with Gasteiger partial charge in [0.15, 0.2) is 0 Å². The van der Waals surface area contributed by atoms with Gasteiger partial charge in [0.2, 0.25) is 0 Å². The van der Waals surface area contributed by atoms with E-state index >= 15 is 0 Å². The molecule has 0 saturated carbocycles. The second-order valence-corrected chi connectivity index (χ2v) is 23.4. The van der Waals surface area contributed by atoms with Gasteiger partial charge in [0.25, 0.3) is 0 Å². The quantitative estimate of drug-likeness (QED) is 0.0324. The van der Waals surface area contributed by atoms with Crippen LogP contribution in [0.1, 0.15) is 125 Å². The highest BCUT2D eigenvalue weighted by Crippen LogP contribution is 2.42. The maximum atomic E-state index is 9.60. The minimum absolute atomic E-state index is 0.00259. The number of aromatic nitrogens is 8. The van der Waals surface area contributed by atoms with Gasteiger partial charge in [-0.2, -0.15) is 10.2 Å². The van der Waals surface area contributed by atoms with Crippen LogP contribution in [0.25, 0.3) is 33.3 Å². The van der Waals surface area contributed by atoms with Crippen LogP contribution in [0.3, 0.4) is 0 Å². The van der Waals surface area contributed by atoms with Crippen LogP contribution in [0.5, 0.6) is 17.2 Å². The first-order chi connectivity index (χ1) is 41.2. The zero-order valence-electron chi connectivity index (χ0n) is 49.2. The van der Waals surface area contributed by atoms with Crippen LogP contribution >= 0.6 is 0 Å². The van der Waals surface area contributed by atoms with E-state index < -0.39 is 0 Å². The van der Waals surface area contributed by atoms with E-state index in [1.54, 1.807) is 31.1 Å². The fraction of sp³-hybridized carbons (Fsp3) is 0.328. The van der Waals surface area contributed by atoms with Crippen LogP contribution in [-0.4, -0.2) is 102 Å². The van der Waals surface area contributed by atoms with Gasteiger partial charge < -0.3 is 40.4 Å². The first-order valence-corrected chi connectivity index (χ1v) is 29.7. The van der Waals surface area contributed by atoms with Gasteiger partial charge in [-0.3, -0.25) is 15.9 Å². The Hall–Kier alpha value is -9.45. The molecular formula is C67H74N15O3+. The Bertz CT molecular complexity index is 3900. The highest BCUT2D eigenvalue weighted by Gasteiger charge is 2.30. The summed E-state index contributed by atoms with van der Waals surface area (Å²) in [7, 11) is 0. The van der Waals surface area contributed by atoms with Gasteiger partial charge in [-0.15, -0.1) is 0 Å². The van der Waals surface area contributed by atoms with Gasteiger partial charge in [-0.25, -0.2) is 24.6 Å². The van der Waals surface area contributed by atoms with E-state index in [2.05, 4.69) is 86.5 Å². The van der Waals surface area contributed by atoms with Crippen molar-refractivity contribution < 1.29 is 14.2 Å². The summed E-state index contributed by atoms with van der Waals surface area (Å²) in [6.07, 6.45) is 15.6. The molecule has 1 atom stereocenters. The third kappa shape index (κ3) is 12.0. The van der Waals surface area contributed by atoms with E-state index in [1.165, 1.54) is 5.56 Å². The van der Waals surface area contributed by atoms with E-state index in [9.17, 15) is 10.8 Å². The lowest BCUT2D eigenvalue weighted by Crippen LogP contribution is -2.35. The van der Waals surface area contributed by atoms with Crippen LogP contribution in [0, 0.1) is 17.2 Å². The smallest absolute Gasteiger partial charge is 0.137 e. The molecule has 1 unspecified atom stereocenters. The predicted molar refractivity (Wildman–Crippen MR) is 338 cm³/mol. The number of aromatic amines is 1. The molecule has 9 aromatic rings. The number of hydrogen-bond acceptors (Lipinski definition) is 16. The number of H-pyrrole nitrogens is 1. The SMILES string of the molecule is CC(C)Oc1ccc(N)c(C(=N)c2ccnc(N3CCCC(c4cc(OC(C)C)cc5c(-c6ccnc(N7CC[CH+]c8cc(-c9cc(OC(C)C)cc(C(=N)c%10ccnc(N%11CCC(n%12cncn%12)CC%11)c%10)c9N)ccc8C7)c6)[nH]nc45)C3)c2)c1. The molecule has 8 heterocycles. The maximum Gasteiger partial charge on any atom is 0.137 e. The van der Waals surface area contributed by atoms with E-state index in [0.717, 1.165) is 144 Å². The summed E-state index contributed by atoms with van der Waals surface area (Å²) >= 11 is 0. The van der Waals surface area contributed by atoms with Crippen molar-refractivity contribution in [1.29, 1.82) is 10.8 Å². The molecule has 0 aliphatic carbocycles. The van der Waals surface area contributed by atoms with Crippen LogP contribution in [0.2, 0.25) is 0 Å². The van der Waals surface area contributed by atoms with Crippen LogP contribution in [0.15, 0.2) is 128 Å². The molecule has 0 radical (unpaired) electrons. The first-order valence-electron chi connectivity index (χ1n) is 29.7. The summed E-state index contributed by atoms with van der Waals surface area (Å²) in [6.45, 7) is 16.7. The Morgan fingerprint density at radius 3 is 2.04 bits per heavy atom. The minimum atomic E-state index is -0.0843. The molecule has 2 fully saturated rings. The van der Waals surface area contributed by atoms with Crippen molar-refractivity contribution >= 4 is 51.2 Å². The number of nitrogens with one attached hydrogen (secondary N) is 3. The molecule has 18 nitrogen and oxygen atoms in total. The van der Waals surface area contributed by atoms with Crippen molar-refractivity contribution in [2.45, 2.75) is 110 Å². The molecule has 12 rings (SSSR count). The molecule has 5 aromatic heterocycles. The molecule has 3 aliphatic heterocycles. The van der Waals surface area contributed by atoms with Gasteiger partial charge in [0.05, 0.1) is 70.8 Å². The fourth-order valence-corrected chi connectivity index (χ4v) is 12.2. The average molecular weight is 1140 g/mol. The zero-order chi connectivity index (χ0) is 58.9. The number of nitrogens with two attached hydrogens (primary N) is 2. The molecule has 0 spiro atoms. The lowest BCUT2D eigenvalue weighted by atomic mass is 9.88. The Kier molecular flexibility index (Phi) is 15.8. The molecule has 18 heteroatoms. The third-order valence-electron chi connectivity index (χ3n) is 16.3. The molecule has 85 heavy (non-hydrogen) atoms. The minimum Gasteiger partial charge on any atom is -0.491 e. The van der Waals surface area contributed by atoms with E-state index in [4.69, 9.17) is 45.7 Å². The molecule has 0 amide bonds.